The number of carbonyl (C=O) groups is 3. The number of carbonyl (C=O) groups excluding carboxylic acids is 3. The van der Waals surface area contributed by atoms with Gasteiger partial charge in [-0.3, -0.25) is 14.5 Å². The molecule has 134 valence electrons. The van der Waals surface area contributed by atoms with Crippen molar-refractivity contribution >= 4 is 17.8 Å². The van der Waals surface area contributed by atoms with Crippen LogP contribution in [0.5, 0.6) is 0 Å². The molecular weight excluding hydrogens is 325 g/mol. The summed E-state index contributed by atoms with van der Waals surface area (Å²) in [4.78, 5) is 37.7. The van der Waals surface area contributed by atoms with Crippen LogP contribution in [0.2, 0.25) is 0 Å². The minimum Gasteiger partial charge on any atom is -0.354 e. The van der Waals surface area contributed by atoms with Crippen LogP contribution < -0.4 is 10.6 Å². The fourth-order valence-corrected chi connectivity index (χ4v) is 3.55. The highest BCUT2D eigenvalue weighted by Crippen LogP contribution is 2.33. The summed E-state index contributed by atoms with van der Waals surface area (Å²) in [7, 11) is 0. The summed E-state index contributed by atoms with van der Waals surface area (Å²) in [6.07, 6.45) is 4.46. The van der Waals surface area contributed by atoms with Crippen LogP contribution in [0.25, 0.3) is 0 Å². The van der Waals surface area contributed by atoms with E-state index in [1.54, 1.807) is 18.2 Å². The first kappa shape index (κ1) is 17.4. The highest BCUT2D eigenvalue weighted by molar-refractivity contribution is 6.09. The van der Waals surface area contributed by atoms with Gasteiger partial charge in [0, 0.05) is 6.54 Å². The molecule has 2 fully saturated rings. The maximum Gasteiger partial charge on any atom is 0.325 e. The molecule has 0 atom stereocenters. The van der Waals surface area contributed by atoms with Gasteiger partial charge in [0.05, 0.1) is 0 Å². The van der Waals surface area contributed by atoms with E-state index in [4.69, 9.17) is 0 Å². The van der Waals surface area contributed by atoms with Crippen LogP contribution >= 0.6 is 0 Å². The third-order valence-corrected chi connectivity index (χ3v) is 4.93. The fourth-order valence-electron chi connectivity index (χ4n) is 3.55. The Morgan fingerprint density at radius 3 is 2.64 bits per heavy atom. The second kappa shape index (κ2) is 7.21. The minimum atomic E-state index is -0.817. The Labute approximate surface area is 145 Å². The van der Waals surface area contributed by atoms with E-state index in [-0.39, 0.29) is 24.8 Å². The lowest BCUT2D eigenvalue weighted by Crippen LogP contribution is -2.49. The normalized spacial score (nSPS) is 19.2. The van der Waals surface area contributed by atoms with E-state index in [1.165, 1.54) is 6.07 Å². The van der Waals surface area contributed by atoms with Gasteiger partial charge >= 0.3 is 6.03 Å². The van der Waals surface area contributed by atoms with Crippen LogP contribution in [0, 0.1) is 5.82 Å². The molecule has 1 saturated carbocycles. The summed E-state index contributed by atoms with van der Waals surface area (Å²) >= 11 is 0. The summed E-state index contributed by atoms with van der Waals surface area (Å²) in [6.45, 7) is -0.0573. The van der Waals surface area contributed by atoms with Crippen molar-refractivity contribution in [2.24, 2.45) is 0 Å². The quantitative estimate of drug-likeness (QED) is 0.797. The summed E-state index contributed by atoms with van der Waals surface area (Å²) < 4.78 is 13.5. The monoisotopic (exact) mass is 347 g/mol. The number of hydrogen-bond donors (Lipinski definition) is 2. The molecule has 2 N–H and O–H groups in total. The first-order valence-electron chi connectivity index (χ1n) is 8.66. The van der Waals surface area contributed by atoms with E-state index in [9.17, 15) is 18.8 Å². The van der Waals surface area contributed by atoms with E-state index in [0.29, 0.717) is 24.8 Å². The van der Waals surface area contributed by atoms with Crippen molar-refractivity contribution in [3.63, 3.8) is 0 Å². The van der Waals surface area contributed by atoms with Crippen LogP contribution in [0.1, 0.15) is 37.7 Å². The van der Waals surface area contributed by atoms with Gasteiger partial charge in [-0.25, -0.2) is 9.18 Å². The van der Waals surface area contributed by atoms with Gasteiger partial charge in [-0.1, -0.05) is 37.5 Å². The van der Waals surface area contributed by atoms with Crippen LogP contribution in [0.4, 0.5) is 9.18 Å². The number of rotatable bonds is 5. The van der Waals surface area contributed by atoms with E-state index in [2.05, 4.69) is 10.6 Å². The number of hydrogen-bond acceptors (Lipinski definition) is 3. The topological polar surface area (TPSA) is 78.5 Å². The molecule has 3 rings (SSSR count). The third kappa shape index (κ3) is 3.65. The second-order valence-corrected chi connectivity index (χ2v) is 6.66. The predicted molar refractivity (Wildman–Crippen MR) is 89.2 cm³/mol. The summed E-state index contributed by atoms with van der Waals surface area (Å²) in [5.41, 5.74) is -0.304. The number of nitrogens with one attached hydrogen (secondary N) is 2. The number of halogens is 1. The van der Waals surface area contributed by atoms with E-state index in [1.807, 2.05) is 0 Å². The minimum absolute atomic E-state index is 0.245. The molecule has 1 aliphatic carbocycles. The maximum absolute atomic E-state index is 13.5. The number of benzene rings is 1. The van der Waals surface area contributed by atoms with Crippen LogP contribution in [-0.2, 0) is 16.0 Å². The number of nitrogens with zero attached hydrogens (tertiary/aromatic N) is 1. The summed E-state index contributed by atoms with van der Waals surface area (Å²) in [6, 6.07) is 5.86. The van der Waals surface area contributed by atoms with Crippen molar-refractivity contribution in [3.05, 3.63) is 35.6 Å². The average molecular weight is 347 g/mol. The number of urea groups is 1. The Hall–Kier alpha value is -2.44. The first-order chi connectivity index (χ1) is 12.0. The largest absolute Gasteiger partial charge is 0.354 e. The zero-order valence-corrected chi connectivity index (χ0v) is 14.0. The van der Waals surface area contributed by atoms with Crippen molar-refractivity contribution in [2.45, 2.75) is 44.1 Å². The van der Waals surface area contributed by atoms with Gasteiger partial charge in [0.1, 0.15) is 17.9 Å². The van der Waals surface area contributed by atoms with Crippen molar-refractivity contribution in [1.82, 2.24) is 15.5 Å². The second-order valence-electron chi connectivity index (χ2n) is 6.66. The van der Waals surface area contributed by atoms with Crippen molar-refractivity contribution < 1.29 is 18.8 Å². The zero-order valence-electron chi connectivity index (χ0n) is 14.0. The predicted octanol–water partition coefficient (Wildman–Crippen LogP) is 1.74. The van der Waals surface area contributed by atoms with Gasteiger partial charge in [-0.05, 0) is 30.9 Å². The van der Waals surface area contributed by atoms with Crippen LogP contribution in [0.15, 0.2) is 24.3 Å². The molecule has 2 aliphatic rings. The van der Waals surface area contributed by atoms with Crippen LogP contribution in [0.3, 0.4) is 0 Å². The average Bonchev–Trinajstić information content (AvgIpc) is 2.81. The summed E-state index contributed by atoms with van der Waals surface area (Å²) in [5, 5.41) is 5.41. The number of amides is 4. The molecule has 0 bridgehead atoms. The van der Waals surface area contributed by atoms with Gasteiger partial charge in [0.25, 0.3) is 5.91 Å². The third-order valence-electron chi connectivity index (χ3n) is 4.93. The molecule has 7 heteroatoms. The van der Waals surface area contributed by atoms with Gasteiger partial charge in [0.2, 0.25) is 5.91 Å². The lowest BCUT2D eigenvalue weighted by molar-refractivity contribution is -0.135. The molecule has 0 unspecified atom stereocenters. The molecule has 1 heterocycles. The molecule has 1 aliphatic heterocycles. The Balaban J connectivity index is 1.51. The fraction of sp³-hybridized carbons (Fsp3) is 0.500. The molecular formula is C18H22FN3O3. The standard InChI is InChI=1S/C18H22FN3O3/c19-14-7-3-2-6-13(14)8-11-20-15(23)12-22-16(24)18(21-17(22)25)9-4-1-5-10-18/h2-3,6-7H,1,4-5,8-12H2,(H,20,23)(H,21,25). The Morgan fingerprint density at radius 1 is 1.20 bits per heavy atom. The lowest BCUT2D eigenvalue weighted by Gasteiger charge is -2.30. The smallest absolute Gasteiger partial charge is 0.325 e. The van der Waals surface area contributed by atoms with Gasteiger partial charge in [-0.15, -0.1) is 0 Å². The Morgan fingerprint density at radius 2 is 1.92 bits per heavy atom. The Kier molecular flexibility index (Phi) is 5.01. The van der Waals surface area contributed by atoms with Crippen molar-refractivity contribution in [2.75, 3.05) is 13.1 Å². The molecule has 0 radical (unpaired) electrons. The number of imide groups is 1. The molecule has 0 aromatic heterocycles. The molecule has 6 nitrogen and oxygen atoms in total. The molecule has 4 amide bonds. The van der Waals surface area contributed by atoms with E-state index in [0.717, 1.165) is 24.2 Å². The van der Waals surface area contributed by atoms with Crippen molar-refractivity contribution in [1.29, 1.82) is 0 Å². The van der Waals surface area contributed by atoms with Gasteiger partial charge in [-0.2, -0.15) is 0 Å². The maximum atomic E-state index is 13.5. The Bertz CT molecular complexity index is 686. The van der Waals surface area contributed by atoms with Crippen molar-refractivity contribution in [3.8, 4) is 0 Å². The summed E-state index contributed by atoms with van der Waals surface area (Å²) in [5.74, 6) is -1.04. The van der Waals surface area contributed by atoms with Gasteiger partial charge in [0.15, 0.2) is 0 Å². The van der Waals surface area contributed by atoms with E-state index < -0.39 is 17.5 Å². The molecule has 1 spiro atoms. The SMILES string of the molecule is O=C(CN1C(=O)NC2(CCCCC2)C1=O)NCCc1ccccc1F. The zero-order chi connectivity index (χ0) is 17.9. The molecule has 1 saturated heterocycles. The van der Waals surface area contributed by atoms with Gasteiger partial charge < -0.3 is 10.6 Å². The van der Waals surface area contributed by atoms with Crippen LogP contribution in [-0.4, -0.2) is 41.4 Å². The van der Waals surface area contributed by atoms with E-state index >= 15 is 0 Å². The molecule has 25 heavy (non-hydrogen) atoms. The first-order valence-corrected chi connectivity index (χ1v) is 8.66. The molecule has 1 aromatic rings. The highest BCUT2D eigenvalue weighted by atomic mass is 19.1. The molecule has 1 aromatic carbocycles. The highest BCUT2D eigenvalue weighted by Gasteiger charge is 2.51. The lowest BCUT2D eigenvalue weighted by atomic mass is 9.82.